The Morgan fingerprint density at radius 2 is 1.92 bits per heavy atom. The van der Waals surface area contributed by atoms with E-state index < -0.39 is 11.7 Å². The van der Waals surface area contributed by atoms with Crippen LogP contribution < -0.4 is 19.7 Å². The number of halogens is 1. The number of benzene rings is 1. The number of nitrogens with zero attached hydrogens (tertiary/aromatic N) is 7. The molecular weight excluding hydrogens is 611 g/mol. The smallest absolute Gasteiger partial charge is 0.255 e. The highest BCUT2D eigenvalue weighted by Crippen LogP contribution is 2.52. The molecule has 1 spiro atoms. The summed E-state index contributed by atoms with van der Waals surface area (Å²) in [7, 11) is 2.13. The number of carbonyl (C=O) groups excluding carboxylic acids is 1. The van der Waals surface area contributed by atoms with Crippen molar-refractivity contribution in [3.05, 3.63) is 84.1 Å². The second kappa shape index (κ2) is 13.5. The highest BCUT2D eigenvalue weighted by Gasteiger charge is 2.54. The van der Waals surface area contributed by atoms with Crippen LogP contribution in [0.15, 0.2) is 61.4 Å². The fourth-order valence-corrected chi connectivity index (χ4v) is 6.99. The molecule has 0 atom stereocenters. The van der Waals surface area contributed by atoms with Gasteiger partial charge in [0.1, 0.15) is 29.7 Å². The summed E-state index contributed by atoms with van der Waals surface area (Å²) in [4.78, 5) is 30.3. The molecule has 2 aliphatic carbocycles. The standard InChI is InChI=1S/C29H33FN6O3.C7H10N2/c1-18(2)34-28(37)21-10-19(30)4-5-24(21)39-26-13-31-17-33-27(26)36-15-29(16-36)11-20(12-29)38-25-6-8-32-23-7-9-35(3)14-22(23)25;1-3-7(4-1)9-6-2-5-8-9/h4-6,8,10,13,17-18,20H,7,9,11-12,14-16H2,1-3H3,(H,34,37);2,5-7H,1,3-4H2. The normalized spacial score (nSPS) is 18.6. The monoisotopic (exact) mass is 654 g/mol. The molecule has 4 aliphatic rings. The zero-order valence-corrected chi connectivity index (χ0v) is 27.8. The van der Waals surface area contributed by atoms with Crippen molar-refractivity contribution in [2.45, 2.75) is 77.1 Å². The largest absolute Gasteiger partial charge is 0.490 e. The Labute approximate surface area is 280 Å². The van der Waals surface area contributed by atoms with Crippen LogP contribution in [0.5, 0.6) is 17.2 Å². The summed E-state index contributed by atoms with van der Waals surface area (Å²) in [6, 6.07) is 8.52. The first-order chi connectivity index (χ1) is 23.2. The Morgan fingerprint density at radius 3 is 2.65 bits per heavy atom. The lowest BCUT2D eigenvalue weighted by Gasteiger charge is -2.59. The van der Waals surface area contributed by atoms with E-state index in [4.69, 9.17) is 9.47 Å². The van der Waals surface area contributed by atoms with Gasteiger partial charge in [0, 0.05) is 73.9 Å². The molecule has 11 nitrogen and oxygen atoms in total. The molecule has 0 bridgehead atoms. The Balaban J connectivity index is 0.000000347. The number of aromatic nitrogens is 5. The number of hydrogen-bond donors (Lipinski definition) is 1. The van der Waals surface area contributed by atoms with Crippen molar-refractivity contribution < 1.29 is 18.7 Å². The van der Waals surface area contributed by atoms with Crippen LogP contribution in [0, 0.1) is 11.2 Å². The van der Waals surface area contributed by atoms with Crippen LogP contribution in [0.2, 0.25) is 0 Å². The molecule has 0 unspecified atom stereocenters. The lowest BCUT2D eigenvalue weighted by molar-refractivity contribution is -0.0352. The van der Waals surface area contributed by atoms with Gasteiger partial charge in [0.05, 0.1) is 17.8 Å². The van der Waals surface area contributed by atoms with Crippen LogP contribution >= 0.6 is 0 Å². The van der Waals surface area contributed by atoms with Gasteiger partial charge < -0.3 is 24.6 Å². The van der Waals surface area contributed by atoms with Crippen molar-refractivity contribution in [2.24, 2.45) is 5.41 Å². The fraction of sp³-hybridized carbons (Fsp3) is 0.472. The van der Waals surface area contributed by atoms with E-state index in [2.05, 4.69) is 46.9 Å². The minimum atomic E-state index is -0.508. The summed E-state index contributed by atoms with van der Waals surface area (Å²) in [6.45, 7) is 7.26. The summed E-state index contributed by atoms with van der Waals surface area (Å²) in [5.41, 5.74) is 2.68. The van der Waals surface area contributed by atoms with E-state index in [9.17, 15) is 9.18 Å². The Morgan fingerprint density at radius 1 is 1.08 bits per heavy atom. The molecule has 1 amide bonds. The van der Waals surface area contributed by atoms with Crippen LogP contribution in [0.3, 0.4) is 0 Å². The third kappa shape index (κ3) is 6.85. The molecule has 48 heavy (non-hydrogen) atoms. The maximum Gasteiger partial charge on any atom is 0.255 e. The van der Waals surface area contributed by atoms with Crippen LogP contribution in [0.1, 0.15) is 73.6 Å². The first kappa shape index (κ1) is 32.0. The number of ether oxygens (including phenoxy) is 2. The van der Waals surface area contributed by atoms with Gasteiger partial charge in [-0.25, -0.2) is 14.4 Å². The summed E-state index contributed by atoms with van der Waals surface area (Å²) in [5, 5.41) is 6.95. The number of fused-ring (bicyclic) bond motifs is 1. The Kier molecular flexibility index (Phi) is 9.00. The van der Waals surface area contributed by atoms with Crippen molar-refractivity contribution in [1.82, 2.24) is 34.9 Å². The highest BCUT2D eigenvalue weighted by atomic mass is 19.1. The number of pyridine rings is 1. The molecule has 8 rings (SSSR count). The van der Waals surface area contributed by atoms with E-state index in [-0.39, 0.29) is 28.9 Å². The highest BCUT2D eigenvalue weighted by molar-refractivity contribution is 5.97. The average molecular weight is 655 g/mol. The Hall–Kier alpha value is -4.58. The summed E-state index contributed by atoms with van der Waals surface area (Å²) < 4.78 is 28.6. The Bertz CT molecular complexity index is 1730. The minimum absolute atomic E-state index is 0.0953. The van der Waals surface area contributed by atoms with E-state index in [1.54, 1.807) is 6.20 Å². The number of amides is 1. The molecule has 2 saturated carbocycles. The molecule has 1 saturated heterocycles. The second-order valence-corrected chi connectivity index (χ2v) is 13.9. The lowest BCUT2D eigenvalue weighted by Crippen LogP contribution is -2.65. The van der Waals surface area contributed by atoms with Gasteiger partial charge >= 0.3 is 0 Å². The lowest BCUT2D eigenvalue weighted by atomic mass is 9.61. The fourth-order valence-electron chi connectivity index (χ4n) is 6.99. The third-order valence-corrected chi connectivity index (χ3v) is 9.69. The molecule has 2 aliphatic heterocycles. The quantitative estimate of drug-likeness (QED) is 0.260. The number of anilines is 1. The van der Waals surface area contributed by atoms with E-state index >= 15 is 0 Å². The van der Waals surface area contributed by atoms with Crippen molar-refractivity contribution in [3.63, 3.8) is 0 Å². The van der Waals surface area contributed by atoms with Crippen LogP contribution in [-0.4, -0.2) is 74.4 Å². The number of carbonyl (C=O) groups is 1. The van der Waals surface area contributed by atoms with Crippen molar-refractivity contribution in [2.75, 3.05) is 31.6 Å². The zero-order chi connectivity index (χ0) is 33.3. The molecule has 3 aromatic heterocycles. The number of nitrogens with one attached hydrogen (secondary N) is 1. The van der Waals surface area contributed by atoms with Crippen LogP contribution in [0.4, 0.5) is 10.2 Å². The third-order valence-electron chi connectivity index (χ3n) is 9.69. The SMILES string of the molecule is CC(C)NC(=O)c1cc(F)ccc1Oc1cncnc1N1CC2(CC(Oc3ccnc4c3CN(C)CC4)C2)C1.c1cnn(C2CCC2)c1. The summed E-state index contributed by atoms with van der Waals surface area (Å²) in [6.07, 6.45) is 15.9. The van der Waals surface area contributed by atoms with Gasteiger partial charge in [-0.05, 0) is 83.3 Å². The molecule has 3 fully saturated rings. The van der Waals surface area contributed by atoms with Gasteiger partial charge in [0.15, 0.2) is 11.6 Å². The zero-order valence-electron chi connectivity index (χ0n) is 27.8. The van der Waals surface area contributed by atoms with Gasteiger partial charge in [-0.2, -0.15) is 5.10 Å². The van der Waals surface area contributed by atoms with Crippen molar-refractivity contribution in [1.29, 1.82) is 0 Å². The van der Waals surface area contributed by atoms with Gasteiger partial charge in [-0.1, -0.05) is 0 Å². The van der Waals surface area contributed by atoms with Crippen LogP contribution in [0.25, 0.3) is 0 Å². The predicted molar refractivity (Wildman–Crippen MR) is 179 cm³/mol. The van der Waals surface area contributed by atoms with Gasteiger partial charge in [-0.3, -0.25) is 14.5 Å². The molecule has 252 valence electrons. The first-order valence-electron chi connectivity index (χ1n) is 16.9. The summed E-state index contributed by atoms with van der Waals surface area (Å²) >= 11 is 0. The summed E-state index contributed by atoms with van der Waals surface area (Å²) in [5.74, 6) is 1.40. The van der Waals surface area contributed by atoms with E-state index in [0.717, 1.165) is 62.9 Å². The van der Waals surface area contributed by atoms with Gasteiger partial charge in [0.25, 0.3) is 5.91 Å². The molecule has 4 aromatic rings. The second-order valence-electron chi connectivity index (χ2n) is 13.9. The van der Waals surface area contributed by atoms with Gasteiger partial charge in [-0.15, -0.1) is 0 Å². The number of hydrogen-bond acceptors (Lipinski definition) is 9. The van der Waals surface area contributed by atoms with E-state index in [1.165, 1.54) is 49.4 Å². The van der Waals surface area contributed by atoms with Crippen LogP contribution in [-0.2, 0) is 13.0 Å². The molecule has 1 aromatic carbocycles. The molecule has 1 N–H and O–H groups in total. The van der Waals surface area contributed by atoms with E-state index in [0.29, 0.717) is 11.6 Å². The minimum Gasteiger partial charge on any atom is -0.490 e. The number of rotatable bonds is 8. The molecule has 5 heterocycles. The molecule has 0 radical (unpaired) electrons. The first-order valence-corrected chi connectivity index (χ1v) is 16.9. The molecule has 12 heteroatoms. The van der Waals surface area contributed by atoms with E-state index in [1.807, 2.05) is 44.6 Å². The average Bonchev–Trinajstić information content (AvgIpc) is 3.52. The molecular formula is C36H43FN8O3. The maximum atomic E-state index is 14.0. The maximum absolute atomic E-state index is 14.0. The predicted octanol–water partition coefficient (Wildman–Crippen LogP) is 5.59. The topological polar surface area (TPSA) is 111 Å². The van der Waals surface area contributed by atoms with Crippen molar-refractivity contribution in [3.8, 4) is 17.2 Å². The number of likely N-dealkylation sites (N-methyl/N-ethyl adjacent to an activating group) is 1. The van der Waals surface area contributed by atoms with Gasteiger partial charge in [0.2, 0.25) is 0 Å². The van der Waals surface area contributed by atoms with Crippen molar-refractivity contribution >= 4 is 11.7 Å².